The number of thioether (sulfide) groups is 1. The first-order valence-electron chi connectivity index (χ1n) is 15.6. The number of ether oxygens (including phenoxy) is 2. The van der Waals surface area contributed by atoms with Gasteiger partial charge in [-0.3, -0.25) is 24.1 Å². The predicted octanol–water partition coefficient (Wildman–Crippen LogP) is 6.18. The Kier molecular flexibility index (Phi) is 7.65. The number of fused-ring (bicyclic) bond motifs is 9. The van der Waals surface area contributed by atoms with Crippen LogP contribution in [0.5, 0.6) is 11.5 Å². The van der Waals surface area contributed by atoms with E-state index in [-0.39, 0.29) is 70.0 Å². The fourth-order valence-electron chi connectivity index (χ4n) is 8.20. The molecule has 4 aromatic rings. The number of thiazole rings is 1. The van der Waals surface area contributed by atoms with Crippen molar-refractivity contribution in [1.82, 2.24) is 4.98 Å². The lowest BCUT2D eigenvalue weighted by Gasteiger charge is -2.43. The number of benzene rings is 3. The number of hydrogen-bond acceptors (Lipinski definition) is 8. The largest absolute Gasteiger partial charge is 0.490 e. The fourth-order valence-corrected chi connectivity index (χ4v) is 11.2. The zero-order valence-electron chi connectivity index (χ0n) is 25.2. The van der Waals surface area contributed by atoms with Gasteiger partial charge in [0.05, 0.1) is 29.2 Å². The van der Waals surface area contributed by atoms with Gasteiger partial charge in [-0.15, -0.1) is 11.8 Å². The number of para-hydroxylation sites is 1. The van der Waals surface area contributed by atoms with E-state index in [1.807, 2.05) is 49.4 Å². The number of carbonyl (C=O) groups excluding carboxylic acids is 3. The summed E-state index contributed by atoms with van der Waals surface area (Å²) in [4.78, 5) is 58.4. The van der Waals surface area contributed by atoms with Crippen molar-refractivity contribution in [3.8, 4) is 11.5 Å². The lowest BCUT2D eigenvalue weighted by atomic mass is 9.68. The van der Waals surface area contributed by atoms with Gasteiger partial charge in [-0.2, -0.15) is 0 Å². The molecule has 6 unspecified atom stereocenters. The first-order valence-corrected chi connectivity index (χ1v) is 17.7. The zero-order chi connectivity index (χ0) is 32.4. The average Bonchev–Trinajstić information content (AvgIpc) is 3.80. The number of nitrogens with zero attached hydrogens (tertiary/aromatic N) is 1. The van der Waals surface area contributed by atoms with Gasteiger partial charge in [-0.05, 0) is 85.2 Å². The predicted molar refractivity (Wildman–Crippen MR) is 181 cm³/mol. The summed E-state index contributed by atoms with van der Waals surface area (Å²) in [5, 5.41) is 4.27. The number of aromatic amines is 1. The van der Waals surface area contributed by atoms with E-state index in [0.717, 1.165) is 21.9 Å². The number of halogens is 1. The average molecular weight is 688 g/mol. The Hall–Kier alpha value is -4.06. The van der Waals surface area contributed by atoms with Crippen molar-refractivity contribution in [2.75, 3.05) is 23.4 Å². The molecule has 2 saturated carbocycles. The molecule has 12 heteroatoms. The maximum absolute atomic E-state index is 14.0. The highest BCUT2D eigenvalue weighted by Crippen LogP contribution is 2.68. The van der Waals surface area contributed by atoms with E-state index in [4.69, 9.17) is 21.1 Å². The number of rotatable bonds is 8. The normalized spacial score (nSPS) is 26.9. The molecule has 3 amide bonds. The number of nitrogens with one attached hydrogen (secondary N) is 2. The minimum absolute atomic E-state index is 0.00829. The molecule has 1 aromatic heterocycles. The van der Waals surface area contributed by atoms with E-state index in [0.29, 0.717) is 34.5 Å². The van der Waals surface area contributed by atoms with Gasteiger partial charge >= 0.3 is 4.87 Å². The summed E-state index contributed by atoms with van der Waals surface area (Å²) < 4.78 is 11.9. The lowest BCUT2D eigenvalue weighted by Crippen LogP contribution is -2.42. The third-order valence-electron chi connectivity index (χ3n) is 9.85. The van der Waals surface area contributed by atoms with Crippen LogP contribution in [0, 0.1) is 29.6 Å². The number of amides is 3. The van der Waals surface area contributed by atoms with Gasteiger partial charge < -0.3 is 19.8 Å². The highest BCUT2D eigenvalue weighted by atomic mass is 35.5. The molecule has 47 heavy (non-hydrogen) atoms. The van der Waals surface area contributed by atoms with E-state index < -0.39 is 0 Å². The topological polar surface area (TPSA) is 118 Å². The third-order valence-corrected chi connectivity index (χ3v) is 12.7. The Labute approximate surface area is 283 Å². The van der Waals surface area contributed by atoms with Gasteiger partial charge in [0, 0.05) is 26.8 Å². The van der Waals surface area contributed by atoms with Crippen LogP contribution in [0.4, 0.5) is 11.4 Å². The Morgan fingerprint density at radius 3 is 2.45 bits per heavy atom. The first-order chi connectivity index (χ1) is 22.8. The van der Waals surface area contributed by atoms with Crippen LogP contribution < -0.4 is 24.6 Å². The minimum Gasteiger partial charge on any atom is -0.490 e. The summed E-state index contributed by atoms with van der Waals surface area (Å²) in [6, 6.07) is 21.7. The second kappa shape index (κ2) is 11.9. The highest BCUT2D eigenvalue weighted by Gasteiger charge is 2.69. The van der Waals surface area contributed by atoms with Crippen molar-refractivity contribution in [2.45, 2.75) is 29.5 Å². The summed E-state index contributed by atoms with van der Waals surface area (Å²) in [5.74, 6) is -0.502. The molecular weight excluding hydrogens is 658 g/mol. The molecule has 0 spiro atoms. The molecule has 2 bridgehead atoms. The van der Waals surface area contributed by atoms with Crippen LogP contribution in [-0.2, 0) is 14.4 Å². The maximum Gasteiger partial charge on any atom is 0.305 e. The molecule has 3 fully saturated rings. The Morgan fingerprint density at radius 2 is 1.70 bits per heavy atom. The minimum atomic E-state index is -0.387. The molecule has 3 aromatic carbocycles. The molecule has 7 atom stereocenters. The summed E-state index contributed by atoms with van der Waals surface area (Å²) in [6.45, 7) is 2.04. The summed E-state index contributed by atoms with van der Waals surface area (Å²) >= 11 is 8.81. The zero-order valence-corrected chi connectivity index (χ0v) is 27.6. The highest BCUT2D eigenvalue weighted by molar-refractivity contribution is 8.00. The second-order valence-corrected chi connectivity index (χ2v) is 14.9. The standard InChI is InChI=1S/C35H30ClN3O6S2/c1-2-44-24-14-17(8-13-23(24)45-16-25(40)37-19-11-9-18(36)10-12-19)26-27-21-15-22(30(27)46-32-31(26)47-35(43)38-32)29-28(21)33(41)39(34(29)42)20-6-4-3-5-7-20/h3-14,21-22,26-30H,2,15-16H2,1H3,(H,37,40)(H,38,43)/t21?,22?,26-,27?,28?,29?,30?/m1/s1. The molecular formula is C35H30ClN3O6S2. The quantitative estimate of drug-likeness (QED) is 0.212. The number of imide groups is 1. The molecule has 8 rings (SSSR count). The van der Waals surface area contributed by atoms with Crippen LogP contribution in [0.15, 0.2) is 82.6 Å². The van der Waals surface area contributed by atoms with Crippen molar-refractivity contribution < 1.29 is 23.9 Å². The van der Waals surface area contributed by atoms with E-state index in [9.17, 15) is 19.2 Å². The van der Waals surface area contributed by atoms with Gasteiger partial charge in [0.2, 0.25) is 11.8 Å². The van der Waals surface area contributed by atoms with Gasteiger partial charge in [0.1, 0.15) is 0 Å². The van der Waals surface area contributed by atoms with Gasteiger partial charge in [-0.25, -0.2) is 0 Å². The number of anilines is 2. The smallest absolute Gasteiger partial charge is 0.305 e. The molecule has 0 radical (unpaired) electrons. The van der Waals surface area contributed by atoms with Gasteiger partial charge in [0.15, 0.2) is 18.1 Å². The van der Waals surface area contributed by atoms with Crippen molar-refractivity contribution in [3.63, 3.8) is 0 Å². The first kappa shape index (κ1) is 30.3. The Morgan fingerprint density at radius 1 is 0.957 bits per heavy atom. The molecule has 4 aliphatic rings. The Balaban J connectivity index is 1.10. The third kappa shape index (κ3) is 5.06. The molecule has 2 N–H and O–H groups in total. The van der Waals surface area contributed by atoms with E-state index in [2.05, 4.69) is 10.3 Å². The number of hydrogen-bond donors (Lipinski definition) is 2. The Bertz CT molecular complexity index is 1950. The van der Waals surface area contributed by atoms with E-state index in [1.54, 1.807) is 42.1 Å². The van der Waals surface area contributed by atoms with Crippen molar-refractivity contribution in [2.24, 2.45) is 29.6 Å². The second-order valence-electron chi connectivity index (χ2n) is 12.3. The van der Waals surface area contributed by atoms with Crippen LogP contribution >= 0.6 is 34.7 Å². The lowest BCUT2D eigenvalue weighted by molar-refractivity contribution is -0.123. The van der Waals surface area contributed by atoms with E-state index >= 15 is 0 Å². The van der Waals surface area contributed by atoms with Gasteiger partial charge in [0.25, 0.3) is 5.91 Å². The van der Waals surface area contributed by atoms with E-state index in [1.165, 1.54) is 16.2 Å². The molecule has 2 aliphatic heterocycles. The molecule has 2 aliphatic carbocycles. The van der Waals surface area contributed by atoms with Crippen LogP contribution in [0.2, 0.25) is 5.02 Å². The summed E-state index contributed by atoms with van der Waals surface area (Å²) in [6.07, 6.45) is 0.801. The molecule has 1 saturated heterocycles. The van der Waals surface area contributed by atoms with Crippen LogP contribution in [0.1, 0.15) is 29.7 Å². The van der Waals surface area contributed by atoms with Crippen molar-refractivity contribution in [3.05, 3.63) is 97.9 Å². The number of H-pyrrole nitrogens is 1. The van der Waals surface area contributed by atoms with Crippen LogP contribution in [0.25, 0.3) is 0 Å². The van der Waals surface area contributed by atoms with Crippen molar-refractivity contribution >= 4 is 63.8 Å². The maximum atomic E-state index is 14.0. The number of aromatic nitrogens is 1. The fraction of sp³-hybridized carbons (Fsp3) is 0.314. The van der Waals surface area contributed by atoms with Crippen LogP contribution in [0.3, 0.4) is 0 Å². The van der Waals surface area contributed by atoms with Gasteiger partial charge in [-0.1, -0.05) is 47.2 Å². The monoisotopic (exact) mass is 687 g/mol. The van der Waals surface area contributed by atoms with Crippen LogP contribution in [-0.4, -0.2) is 41.2 Å². The number of carbonyl (C=O) groups is 3. The van der Waals surface area contributed by atoms with Crippen molar-refractivity contribution in [1.29, 1.82) is 0 Å². The SMILES string of the molecule is CCOc1cc([C@H]2c3sc(=O)[nH]c3SC3C4CC(C5C(=O)N(c6ccccc6)C(=O)C45)C32)ccc1OCC(=O)Nc1ccc(Cl)cc1. The summed E-state index contributed by atoms with van der Waals surface area (Å²) in [5.41, 5.74) is 2.17. The molecule has 3 heterocycles. The molecule has 9 nitrogen and oxygen atoms in total. The summed E-state index contributed by atoms with van der Waals surface area (Å²) in [7, 11) is 0. The molecule has 240 valence electrons.